The van der Waals surface area contributed by atoms with Crippen molar-refractivity contribution in [2.24, 2.45) is 5.92 Å². The Morgan fingerprint density at radius 3 is 2.64 bits per heavy atom. The van der Waals surface area contributed by atoms with Crippen LogP contribution >= 0.6 is 0 Å². The van der Waals surface area contributed by atoms with Crippen molar-refractivity contribution in [2.45, 2.75) is 26.2 Å². The van der Waals surface area contributed by atoms with Gasteiger partial charge in [-0.15, -0.1) is 0 Å². The summed E-state index contributed by atoms with van der Waals surface area (Å²) in [6, 6.07) is 0. The van der Waals surface area contributed by atoms with Gasteiger partial charge in [0.2, 0.25) is 5.91 Å². The molecule has 0 N–H and O–H groups in total. The van der Waals surface area contributed by atoms with Crippen molar-refractivity contribution in [1.29, 1.82) is 0 Å². The first-order valence-corrected chi connectivity index (χ1v) is 5.73. The molecule has 1 saturated heterocycles. The van der Waals surface area contributed by atoms with Crippen LogP contribution in [-0.4, -0.2) is 48.4 Å². The summed E-state index contributed by atoms with van der Waals surface area (Å²) in [5, 5.41) is 0. The van der Waals surface area contributed by atoms with Gasteiger partial charge in [0.1, 0.15) is 0 Å². The average molecular weight is 196 g/mol. The fraction of sp³-hybridized carbons (Fsp3) is 0.909. The number of carbonyl (C=O) groups is 1. The van der Waals surface area contributed by atoms with Gasteiger partial charge >= 0.3 is 0 Å². The Balaban J connectivity index is 1.77. The van der Waals surface area contributed by atoms with Gasteiger partial charge in [-0.2, -0.15) is 0 Å². The summed E-state index contributed by atoms with van der Waals surface area (Å²) >= 11 is 0. The number of hydrogen-bond donors (Lipinski definition) is 0. The van der Waals surface area contributed by atoms with Gasteiger partial charge in [-0.05, 0) is 31.7 Å². The Kier molecular flexibility index (Phi) is 3.06. The molecule has 2 fully saturated rings. The third-order valence-corrected chi connectivity index (χ3v) is 3.25. The van der Waals surface area contributed by atoms with Crippen molar-refractivity contribution in [1.82, 2.24) is 9.80 Å². The molecule has 1 amide bonds. The fourth-order valence-electron chi connectivity index (χ4n) is 2.13. The molecule has 0 atom stereocenters. The zero-order valence-corrected chi connectivity index (χ0v) is 9.04. The maximum atomic E-state index is 11.2. The molecule has 0 radical (unpaired) electrons. The smallest absolute Gasteiger partial charge is 0.219 e. The molecule has 0 aromatic heterocycles. The highest BCUT2D eigenvalue weighted by molar-refractivity contribution is 5.73. The van der Waals surface area contributed by atoms with E-state index in [4.69, 9.17) is 0 Å². The summed E-state index contributed by atoms with van der Waals surface area (Å²) in [6.45, 7) is 7.09. The summed E-state index contributed by atoms with van der Waals surface area (Å²) in [7, 11) is 0. The lowest BCUT2D eigenvalue weighted by atomic mass is 10.3. The van der Waals surface area contributed by atoms with Crippen molar-refractivity contribution in [3.8, 4) is 0 Å². The lowest BCUT2D eigenvalue weighted by Gasteiger charge is -2.20. The summed E-state index contributed by atoms with van der Waals surface area (Å²) in [4.78, 5) is 15.7. The predicted octanol–water partition coefficient (Wildman–Crippen LogP) is 0.951. The van der Waals surface area contributed by atoms with Gasteiger partial charge in [-0.1, -0.05) is 0 Å². The van der Waals surface area contributed by atoms with Gasteiger partial charge in [-0.25, -0.2) is 0 Å². The van der Waals surface area contributed by atoms with Crippen LogP contribution in [0.1, 0.15) is 26.2 Å². The van der Waals surface area contributed by atoms with Gasteiger partial charge in [0.05, 0.1) is 0 Å². The molecule has 2 aliphatic rings. The number of hydrogen-bond acceptors (Lipinski definition) is 2. The Morgan fingerprint density at radius 2 is 2.00 bits per heavy atom. The van der Waals surface area contributed by atoms with E-state index in [0.717, 1.165) is 32.0 Å². The molecule has 0 unspecified atom stereocenters. The monoisotopic (exact) mass is 196 g/mol. The van der Waals surface area contributed by atoms with E-state index < -0.39 is 0 Å². The molecule has 3 nitrogen and oxygen atoms in total. The van der Waals surface area contributed by atoms with Crippen LogP contribution in [-0.2, 0) is 4.79 Å². The molecular formula is C11H20N2O. The van der Waals surface area contributed by atoms with Crippen LogP contribution in [0.3, 0.4) is 0 Å². The predicted molar refractivity (Wildman–Crippen MR) is 56.0 cm³/mol. The van der Waals surface area contributed by atoms with Crippen LogP contribution in [0, 0.1) is 5.92 Å². The van der Waals surface area contributed by atoms with Crippen LogP contribution < -0.4 is 0 Å². The molecule has 0 aromatic rings. The van der Waals surface area contributed by atoms with Crippen molar-refractivity contribution in [3.05, 3.63) is 0 Å². The number of nitrogens with zero attached hydrogens (tertiary/aromatic N) is 2. The molecule has 14 heavy (non-hydrogen) atoms. The molecule has 0 aromatic carbocycles. The van der Waals surface area contributed by atoms with Crippen molar-refractivity contribution in [3.63, 3.8) is 0 Å². The minimum atomic E-state index is 0.235. The average Bonchev–Trinajstić information content (AvgIpc) is 2.92. The molecule has 0 spiro atoms. The van der Waals surface area contributed by atoms with E-state index in [0.29, 0.717) is 0 Å². The van der Waals surface area contributed by atoms with Gasteiger partial charge in [0.15, 0.2) is 0 Å². The maximum absolute atomic E-state index is 11.2. The number of carbonyl (C=O) groups excluding carboxylic acids is 1. The molecular weight excluding hydrogens is 176 g/mol. The Bertz CT molecular complexity index is 213. The molecule has 80 valence electrons. The van der Waals surface area contributed by atoms with E-state index >= 15 is 0 Å². The SMILES string of the molecule is CC(=O)N1CCCN(CC2CC2)CC1. The first-order chi connectivity index (χ1) is 6.75. The van der Waals surface area contributed by atoms with E-state index in [-0.39, 0.29) is 5.91 Å². The second kappa shape index (κ2) is 4.30. The summed E-state index contributed by atoms with van der Waals surface area (Å²) in [5.74, 6) is 1.21. The first kappa shape index (κ1) is 9.97. The van der Waals surface area contributed by atoms with Gasteiger partial charge < -0.3 is 9.80 Å². The zero-order valence-electron chi connectivity index (χ0n) is 9.04. The highest BCUT2D eigenvalue weighted by Crippen LogP contribution is 2.29. The van der Waals surface area contributed by atoms with E-state index in [9.17, 15) is 4.79 Å². The summed E-state index contributed by atoms with van der Waals surface area (Å²) in [5.41, 5.74) is 0. The van der Waals surface area contributed by atoms with Gasteiger partial charge in [-0.3, -0.25) is 4.79 Å². The lowest BCUT2D eigenvalue weighted by molar-refractivity contribution is -0.128. The van der Waals surface area contributed by atoms with E-state index in [1.807, 2.05) is 4.90 Å². The summed E-state index contributed by atoms with van der Waals surface area (Å²) < 4.78 is 0. The normalized spacial score (nSPS) is 24.8. The first-order valence-electron chi connectivity index (χ1n) is 5.73. The minimum Gasteiger partial charge on any atom is -0.342 e. The number of amides is 1. The maximum Gasteiger partial charge on any atom is 0.219 e. The second-order valence-corrected chi connectivity index (χ2v) is 4.60. The fourth-order valence-corrected chi connectivity index (χ4v) is 2.13. The minimum absolute atomic E-state index is 0.235. The standard InChI is InChI=1S/C11H20N2O/c1-10(14)13-6-2-5-12(7-8-13)9-11-3-4-11/h11H,2-9H2,1H3. The molecule has 1 heterocycles. The highest BCUT2D eigenvalue weighted by Gasteiger charge is 2.25. The van der Waals surface area contributed by atoms with Crippen LogP contribution in [0.2, 0.25) is 0 Å². The second-order valence-electron chi connectivity index (χ2n) is 4.60. The Morgan fingerprint density at radius 1 is 1.21 bits per heavy atom. The molecule has 2 rings (SSSR count). The van der Waals surface area contributed by atoms with Crippen LogP contribution in [0.5, 0.6) is 0 Å². The van der Waals surface area contributed by atoms with Gasteiger partial charge in [0, 0.05) is 33.1 Å². The van der Waals surface area contributed by atoms with Crippen molar-refractivity contribution < 1.29 is 4.79 Å². The van der Waals surface area contributed by atoms with Crippen molar-refractivity contribution in [2.75, 3.05) is 32.7 Å². The molecule has 1 saturated carbocycles. The molecule has 0 bridgehead atoms. The van der Waals surface area contributed by atoms with Gasteiger partial charge in [0.25, 0.3) is 0 Å². The number of rotatable bonds is 2. The molecule has 3 heteroatoms. The third-order valence-electron chi connectivity index (χ3n) is 3.25. The highest BCUT2D eigenvalue weighted by atomic mass is 16.2. The molecule has 1 aliphatic carbocycles. The topological polar surface area (TPSA) is 23.6 Å². The Labute approximate surface area is 86.1 Å². The quantitative estimate of drug-likeness (QED) is 0.656. The van der Waals surface area contributed by atoms with E-state index in [1.165, 1.54) is 25.9 Å². The van der Waals surface area contributed by atoms with Crippen LogP contribution in [0.4, 0.5) is 0 Å². The van der Waals surface area contributed by atoms with E-state index in [1.54, 1.807) is 6.92 Å². The summed E-state index contributed by atoms with van der Waals surface area (Å²) in [6.07, 6.45) is 3.99. The largest absolute Gasteiger partial charge is 0.342 e. The van der Waals surface area contributed by atoms with Crippen LogP contribution in [0.15, 0.2) is 0 Å². The lowest BCUT2D eigenvalue weighted by Crippen LogP contribution is -2.34. The third kappa shape index (κ3) is 2.71. The molecule has 1 aliphatic heterocycles. The Hall–Kier alpha value is -0.570. The zero-order chi connectivity index (χ0) is 9.97. The van der Waals surface area contributed by atoms with Crippen LogP contribution in [0.25, 0.3) is 0 Å². The van der Waals surface area contributed by atoms with E-state index in [2.05, 4.69) is 4.90 Å². The van der Waals surface area contributed by atoms with Crippen molar-refractivity contribution >= 4 is 5.91 Å².